The number of thiazole rings is 1. The lowest BCUT2D eigenvalue weighted by Gasteiger charge is -2.02. The van der Waals surface area contributed by atoms with Crippen molar-refractivity contribution in [3.05, 3.63) is 45.5 Å². The summed E-state index contributed by atoms with van der Waals surface area (Å²) in [5.41, 5.74) is 1.73. The van der Waals surface area contributed by atoms with Crippen LogP contribution in [0.5, 0.6) is 0 Å². The van der Waals surface area contributed by atoms with Crippen molar-refractivity contribution in [3.63, 3.8) is 0 Å². The minimum Gasteiger partial charge on any atom is -0.481 e. The van der Waals surface area contributed by atoms with Gasteiger partial charge in [0, 0.05) is 36.0 Å². The Balaban J connectivity index is 1.72. The van der Waals surface area contributed by atoms with Crippen LogP contribution >= 0.6 is 11.3 Å². The van der Waals surface area contributed by atoms with Gasteiger partial charge in [-0.25, -0.2) is 4.98 Å². The van der Waals surface area contributed by atoms with Crippen LogP contribution in [0.2, 0.25) is 0 Å². The molecular weight excluding hydrogens is 342 g/mol. The van der Waals surface area contributed by atoms with Gasteiger partial charge in [-0.15, -0.1) is 11.3 Å². The predicted molar refractivity (Wildman–Crippen MR) is 96.6 cm³/mol. The lowest BCUT2D eigenvalue weighted by Crippen LogP contribution is -2.14. The van der Waals surface area contributed by atoms with Crippen LogP contribution in [0, 0.1) is 10.1 Å². The highest BCUT2D eigenvalue weighted by atomic mass is 32.1. The zero-order chi connectivity index (χ0) is 18.1. The maximum atomic E-state index is 10.8. The summed E-state index contributed by atoms with van der Waals surface area (Å²) in [4.78, 5) is 25.3. The molecule has 7 nitrogen and oxygen atoms in total. The van der Waals surface area contributed by atoms with Gasteiger partial charge in [0.05, 0.1) is 10.6 Å². The van der Waals surface area contributed by atoms with Crippen molar-refractivity contribution in [2.24, 2.45) is 0 Å². The van der Waals surface area contributed by atoms with Crippen LogP contribution < -0.4 is 5.32 Å². The van der Waals surface area contributed by atoms with Crippen molar-refractivity contribution >= 4 is 23.0 Å². The highest BCUT2D eigenvalue weighted by molar-refractivity contribution is 7.13. The number of carboxylic acids is 1. The van der Waals surface area contributed by atoms with Crippen LogP contribution in [0.15, 0.2) is 29.6 Å². The Morgan fingerprint density at radius 2 is 2.08 bits per heavy atom. The number of carboxylic acid groups (broad SMARTS) is 1. The lowest BCUT2D eigenvalue weighted by atomic mass is 10.1. The molecule has 0 aliphatic heterocycles. The van der Waals surface area contributed by atoms with E-state index in [9.17, 15) is 14.9 Å². The number of aliphatic carboxylic acids is 1. The van der Waals surface area contributed by atoms with E-state index in [2.05, 4.69) is 10.3 Å². The van der Waals surface area contributed by atoms with Gasteiger partial charge in [-0.2, -0.15) is 0 Å². The fourth-order valence-corrected chi connectivity index (χ4v) is 3.19. The summed E-state index contributed by atoms with van der Waals surface area (Å²) in [5.74, 6) is -0.735. The molecule has 0 aliphatic carbocycles. The van der Waals surface area contributed by atoms with E-state index in [1.807, 2.05) is 11.4 Å². The Bertz CT molecular complexity index is 717. The summed E-state index contributed by atoms with van der Waals surface area (Å²) in [6.45, 7) is 1.51. The first-order chi connectivity index (χ1) is 12.1. The molecule has 25 heavy (non-hydrogen) atoms. The van der Waals surface area contributed by atoms with Gasteiger partial charge in [-0.1, -0.05) is 25.0 Å². The summed E-state index contributed by atoms with van der Waals surface area (Å²) in [6.07, 6.45) is 3.92. The maximum Gasteiger partial charge on any atom is 0.303 e. The number of carbonyl (C=O) groups is 1. The Hall–Kier alpha value is -2.32. The largest absolute Gasteiger partial charge is 0.481 e. The number of hydrogen-bond acceptors (Lipinski definition) is 6. The van der Waals surface area contributed by atoms with Crippen LogP contribution in [-0.4, -0.2) is 27.5 Å². The van der Waals surface area contributed by atoms with Crippen LogP contribution in [0.1, 0.15) is 37.8 Å². The molecule has 0 atom stereocenters. The number of rotatable bonds is 11. The van der Waals surface area contributed by atoms with Gasteiger partial charge in [0.25, 0.3) is 5.69 Å². The van der Waals surface area contributed by atoms with Crippen molar-refractivity contribution in [1.29, 1.82) is 0 Å². The molecule has 0 amide bonds. The SMILES string of the molecule is O=C(O)CCCCCCNCc1csc(-c2cccc([N+](=O)[O-])c2)n1. The third-order valence-electron chi connectivity index (χ3n) is 3.66. The Morgan fingerprint density at radius 3 is 2.84 bits per heavy atom. The monoisotopic (exact) mass is 363 g/mol. The molecule has 134 valence electrons. The van der Waals surface area contributed by atoms with E-state index in [0.717, 1.165) is 48.5 Å². The number of non-ortho nitro benzene ring substituents is 1. The van der Waals surface area contributed by atoms with Gasteiger partial charge < -0.3 is 10.4 Å². The van der Waals surface area contributed by atoms with Crippen molar-refractivity contribution in [3.8, 4) is 10.6 Å². The molecule has 2 N–H and O–H groups in total. The van der Waals surface area contributed by atoms with E-state index in [0.29, 0.717) is 6.54 Å². The van der Waals surface area contributed by atoms with E-state index in [1.165, 1.54) is 23.5 Å². The second-order valence-electron chi connectivity index (χ2n) is 5.69. The molecule has 8 heteroatoms. The molecule has 0 fully saturated rings. The van der Waals surface area contributed by atoms with E-state index in [4.69, 9.17) is 5.11 Å². The standard InChI is InChI=1S/C17H21N3O4S/c21-16(22)8-3-1-2-4-9-18-11-14-12-25-17(19-14)13-6-5-7-15(10-13)20(23)24/h5-7,10,12,18H,1-4,8-9,11H2,(H,21,22). The van der Waals surface area contributed by atoms with E-state index >= 15 is 0 Å². The zero-order valence-electron chi connectivity index (χ0n) is 13.8. The summed E-state index contributed by atoms with van der Waals surface area (Å²) < 4.78 is 0. The summed E-state index contributed by atoms with van der Waals surface area (Å²) in [7, 11) is 0. The molecule has 0 aliphatic rings. The molecule has 0 saturated carbocycles. The number of hydrogen-bond donors (Lipinski definition) is 2. The first-order valence-corrected chi connectivity index (χ1v) is 9.06. The predicted octanol–water partition coefficient (Wildman–Crippen LogP) is 3.84. The molecule has 0 spiro atoms. The van der Waals surface area contributed by atoms with Gasteiger partial charge in [-0.3, -0.25) is 14.9 Å². The number of nitro benzene ring substituents is 1. The number of benzene rings is 1. The van der Waals surface area contributed by atoms with Gasteiger partial charge in [0.1, 0.15) is 5.01 Å². The van der Waals surface area contributed by atoms with Crippen LogP contribution in [0.4, 0.5) is 5.69 Å². The number of nitro groups is 1. The van der Waals surface area contributed by atoms with Crippen LogP contribution in [0.3, 0.4) is 0 Å². The number of unbranched alkanes of at least 4 members (excludes halogenated alkanes) is 3. The smallest absolute Gasteiger partial charge is 0.303 e. The highest BCUT2D eigenvalue weighted by Crippen LogP contribution is 2.26. The first-order valence-electron chi connectivity index (χ1n) is 8.18. The van der Waals surface area contributed by atoms with E-state index in [-0.39, 0.29) is 12.1 Å². The molecule has 0 saturated heterocycles. The number of aromatic nitrogens is 1. The van der Waals surface area contributed by atoms with Crippen molar-refractivity contribution in [2.75, 3.05) is 6.54 Å². The Labute approximate surface area is 149 Å². The zero-order valence-corrected chi connectivity index (χ0v) is 14.6. The third kappa shape index (κ3) is 6.60. The quantitative estimate of drug-likeness (QED) is 0.357. The average molecular weight is 363 g/mol. The van der Waals surface area contributed by atoms with Gasteiger partial charge in [-0.05, 0) is 19.4 Å². The van der Waals surface area contributed by atoms with Gasteiger partial charge >= 0.3 is 5.97 Å². The molecule has 1 heterocycles. The Morgan fingerprint density at radius 1 is 1.28 bits per heavy atom. The summed E-state index contributed by atoms with van der Waals surface area (Å²) >= 11 is 1.47. The van der Waals surface area contributed by atoms with E-state index in [1.54, 1.807) is 6.07 Å². The molecular formula is C17H21N3O4S. The fourth-order valence-electron chi connectivity index (χ4n) is 2.37. The fraction of sp³-hybridized carbons (Fsp3) is 0.412. The number of nitrogens with zero attached hydrogens (tertiary/aromatic N) is 2. The summed E-state index contributed by atoms with van der Waals surface area (Å²) in [6, 6.07) is 6.49. The third-order valence-corrected chi connectivity index (χ3v) is 4.60. The maximum absolute atomic E-state index is 10.8. The van der Waals surface area contributed by atoms with E-state index < -0.39 is 10.9 Å². The molecule has 2 aromatic rings. The molecule has 0 radical (unpaired) electrons. The second kappa shape index (κ2) is 9.85. The Kier molecular flexibility index (Phi) is 7.49. The van der Waals surface area contributed by atoms with Gasteiger partial charge in [0.2, 0.25) is 0 Å². The first kappa shape index (κ1) is 19.0. The minimum atomic E-state index is -0.735. The normalized spacial score (nSPS) is 10.7. The lowest BCUT2D eigenvalue weighted by molar-refractivity contribution is -0.384. The van der Waals surface area contributed by atoms with Crippen molar-refractivity contribution < 1.29 is 14.8 Å². The molecule has 1 aromatic carbocycles. The van der Waals surface area contributed by atoms with Crippen molar-refractivity contribution in [1.82, 2.24) is 10.3 Å². The van der Waals surface area contributed by atoms with Crippen molar-refractivity contribution in [2.45, 2.75) is 38.6 Å². The molecule has 2 rings (SSSR count). The molecule has 0 unspecified atom stereocenters. The van der Waals surface area contributed by atoms with Crippen LogP contribution in [0.25, 0.3) is 10.6 Å². The molecule has 1 aromatic heterocycles. The number of nitrogens with one attached hydrogen (secondary N) is 1. The minimum absolute atomic E-state index is 0.0651. The van der Waals surface area contributed by atoms with Gasteiger partial charge in [0.15, 0.2) is 0 Å². The summed E-state index contributed by atoms with van der Waals surface area (Å²) in [5, 5.41) is 25.4. The highest BCUT2D eigenvalue weighted by Gasteiger charge is 2.10. The molecule has 0 bridgehead atoms. The average Bonchev–Trinajstić information content (AvgIpc) is 3.06. The topological polar surface area (TPSA) is 105 Å². The van der Waals surface area contributed by atoms with Crippen LogP contribution in [-0.2, 0) is 11.3 Å². The second-order valence-corrected chi connectivity index (χ2v) is 6.54.